The predicted octanol–water partition coefficient (Wildman–Crippen LogP) is 3.84. The van der Waals surface area contributed by atoms with E-state index in [4.69, 9.17) is 33.7 Å². The summed E-state index contributed by atoms with van der Waals surface area (Å²) in [6.45, 7) is -0.397. The first-order chi connectivity index (χ1) is 14.4. The van der Waals surface area contributed by atoms with Gasteiger partial charge in [0.2, 0.25) is 0 Å². The molecule has 0 aliphatic carbocycles. The van der Waals surface area contributed by atoms with E-state index in [1.807, 2.05) is 6.07 Å². The molecule has 1 heterocycles. The number of esters is 1. The lowest BCUT2D eigenvalue weighted by atomic mass is 9.96. The van der Waals surface area contributed by atoms with E-state index >= 15 is 0 Å². The van der Waals surface area contributed by atoms with Gasteiger partial charge < -0.3 is 10.5 Å². The van der Waals surface area contributed by atoms with Gasteiger partial charge in [-0.15, -0.1) is 17.0 Å². The molecular formula is C21H17BrCl2N4O3. The number of nitrogens with zero attached hydrogens (tertiary/aromatic N) is 3. The maximum Gasteiger partial charge on any atom is 0.319 e. The van der Waals surface area contributed by atoms with Gasteiger partial charge in [-0.1, -0.05) is 47.5 Å². The largest absolute Gasteiger partial charge is 0.463 e. The van der Waals surface area contributed by atoms with Gasteiger partial charge >= 0.3 is 5.97 Å². The van der Waals surface area contributed by atoms with Crippen LogP contribution in [0.4, 0.5) is 0 Å². The summed E-state index contributed by atoms with van der Waals surface area (Å²) in [6, 6.07) is 15.6. The standard InChI is InChI=1S/C21H16Cl2N4O3.BrH/c22-15-5-1-13(2-6-15)19-17(11-24)21(29)27(9-10-30-18(28)12-25)26-20(19)14-3-7-16(23)8-4-14;/h1-8H,9-10,12,25H2;1H. The van der Waals surface area contributed by atoms with Gasteiger partial charge in [0.05, 0.1) is 13.1 Å². The fraction of sp³-hybridized carbons (Fsp3) is 0.143. The summed E-state index contributed by atoms with van der Waals surface area (Å²) in [7, 11) is 0. The van der Waals surface area contributed by atoms with Gasteiger partial charge in [0.25, 0.3) is 5.56 Å². The van der Waals surface area contributed by atoms with Gasteiger partial charge in [-0.2, -0.15) is 10.4 Å². The zero-order valence-electron chi connectivity index (χ0n) is 16.0. The molecule has 0 atom stereocenters. The molecule has 3 aromatic rings. The molecule has 2 N–H and O–H groups in total. The quantitative estimate of drug-likeness (QED) is 0.491. The lowest BCUT2D eigenvalue weighted by Gasteiger charge is -2.15. The molecule has 160 valence electrons. The van der Waals surface area contributed by atoms with Crippen molar-refractivity contribution in [3.05, 3.63) is 74.5 Å². The van der Waals surface area contributed by atoms with E-state index in [9.17, 15) is 14.9 Å². The highest BCUT2D eigenvalue weighted by Crippen LogP contribution is 2.33. The summed E-state index contributed by atoms with van der Waals surface area (Å²) in [5, 5.41) is 15.3. The van der Waals surface area contributed by atoms with Crippen molar-refractivity contribution in [1.29, 1.82) is 5.26 Å². The molecule has 2 aromatic carbocycles. The van der Waals surface area contributed by atoms with E-state index < -0.39 is 11.5 Å². The van der Waals surface area contributed by atoms with Crippen LogP contribution in [0.3, 0.4) is 0 Å². The average molecular weight is 524 g/mol. The number of ether oxygens (including phenoxy) is 1. The van der Waals surface area contributed by atoms with Crippen molar-refractivity contribution in [3.63, 3.8) is 0 Å². The molecule has 0 spiro atoms. The molecular weight excluding hydrogens is 507 g/mol. The number of nitriles is 1. The molecule has 7 nitrogen and oxygen atoms in total. The summed E-state index contributed by atoms with van der Waals surface area (Å²) >= 11 is 12.0. The fourth-order valence-electron chi connectivity index (χ4n) is 2.84. The molecule has 1 aromatic heterocycles. The van der Waals surface area contributed by atoms with E-state index in [0.717, 1.165) is 4.68 Å². The van der Waals surface area contributed by atoms with Crippen LogP contribution in [0.1, 0.15) is 5.56 Å². The molecule has 0 saturated heterocycles. The van der Waals surface area contributed by atoms with Gasteiger partial charge in [-0.25, -0.2) is 4.68 Å². The summed E-state index contributed by atoms with van der Waals surface area (Å²) in [5.74, 6) is -0.598. The normalized spacial score (nSPS) is 10.1. The molecule has 0 fully saturated rings. The van der Waals surface area contributed by atoms with Gasteiger partial charge in [-0.3, -0.25) is 9.59 Å². The van der Waals surface area contributed by atoms with Crippen LogP contribution < -0.4 is 11.3 Å². The number of halogens is 3. The highest BCUT2D eigenvalue weighted by atomic mass is 79.9. The van der Waals surface area contributed by atoms with Gasteiger partial charge in [0.1, 0.15) is 23.9 Å². The topological polar surface area (TPSA) is 111 Å². The average Bonchev–Trinajstić information content (AvgIpc) is 2.75. The first-order valence-electron chi connectivity index (χ1n) is 8.87. The van der Waals surface area contributed by atoms with Gasteiger partial charge in [-0.05, 0) is 29.8 Å². The van der Waals surface area contributed by atoms with Crippen molar-refractivity contribution in [2.45, 2.75) is 6.54 Å². The summed E-state index contributed by atoms with van der Waals surface area (Å²) in [4.78, 5) is 24.2. The Labute approximate surface area is 198 Å². The Hall–Kier alpha value is -2.70. The van der Waals surface area contributed by atoms with Gasteiger partial charge in [0, 0.05) is 21.2 Å². The fourth-order valence-corrected chi connectivity index (χ4v) is 3.09. The van der Waals surface area contributed by atoms with Crippen LogP contribution in [0.15, 0.2) is 53.3 Å². The molecule has 0 saturated carbocycles. The number of aromatic nitrogens is 2. The third-order valence-corrected chi connectivity index (χ3v) is 4.75. The number of benzene rings is 2. The monoisotopic (exact) mass is 522 g/mol. The second-order valence-electron chi connectivity index (χ2n) is 6.18. The number of hydrogen-bond acceptors (Lipinski definition) is 6. The number of carbonyl (C=O) groups excluding carboxylic acids is 1. The number of rotatable bonds is 6. The van der Waals surface area contributed by atoms with Crippen LogP contribution in [0, 0.1) is 11.3 Å². The van der Waals surface area contributed by atoms with Crippen LogP contribution in [0.2, 0.25) is 10.0 Å². The van der Waals surface area contributed by atoms with Crippen molar-refractivity contribution in [1.82, 2.24) is 9.78 Å². The van der Waals surface area contributed by atoms with Crippen LogP contribution in [0.25, 0.3) is 22.4 Å². The van der Waals surface area contributed by atoms with Crippen molar-refractivity contribution in [2.24, 2.45) is 5.73 Å². The lowest BCUT2D eigenvalue weighted by Crippen LogP contribution is -2.29. The predicted molar refractivity (Wildman–Crippen MR) is 124 cm³/mol. The van der Waals surface area contributed by atoms with E-state index in [0.29, 0.717) is 32.4 Å². The Morgan fingerprint density at radius 3 is 2.13 bits per heavy atom. The third kappa shape index (κ3) is 5.71. The van der Waals surface area contributed by atoms with E-state index in [1.54, 1.807) is 48.5 Å². The maximum atomic E-state index is 12.9. The Kier molecular flexibility index (Phi) is 8.77. The summed E-state index contributed by atoms with van der Waals surface area (Å²) in [5.41, 5.74) is 6.61. The van der Waals surface area contributed by atoms with Crippen LogP contribution in [0.5, 0.6) is 0 Å². The molecule has 0 bridgehead atoms. The molecule has 3 rings (SSSR count). The molecule has 0 amide bonds. The zero-order chi connectivity index (χ0) is 21.7. The number of carbonyl (C=O) groups is 1. The van der Waals surface area contributed by atoms with Crippen molar-refractivity contribution >= 4 is 46.2 Å². The summed E-state index contributed by atoms with van der Waals surface area (Å²) in [6.07, 6.45) is 0. The Morgan fingerprint density at radius 1 is 1.06 bits per heavy atom. The number of hydrogen-bond donors (Lipinski definition) is 1. The van der Waals surface area contributed by atoms with Crippen LogP contribution in [-0.2, 0) is 16.1 Å². The first kappa shape index (κ1) is 24.6. The van der Waals surface area contributed by atoms with Crippen LogP contribution >= 0.6 is 40.2 Å². The Bertz CT molecular complexity index is 1170. The van der Waals surface area contributed by atoms with Gasteiger partial charge in [0.15, 0.2) is 0 Å². The van der Waals surface area contributed by atoms with E-state index in [1.165, 1.54) is 0 Å². The SMILES string of the molecule is Br.N#Cc1c(-c2ccc(Cl)cc2)c(-c2ccc(Cl)cc2)nn(CCOC(=O)CN)c1=O. The highest BCUT2D eigenvalue weighted by Gasteiger charge is 2.20. The van der Waals surface area contributed by atoms with Crippen molar-refractivity contribution in [2.75, 3.05) is 13.2 Å². The minimum absolute atomic E-state index is 0. The van der Waals surface area contributed by atoms with E-state index in [-0.39, 0.29) is 42.2 Å². The highest BCUT2D eigenvalue weighted by molar-refractivity contribution is 8.93. The molecule has 10 heteroatoms. The third-order valence-electron chi connectivity index (χ3n) is 4.25. The van der Waals surface area contributed by atoms with E-state index in [2.05, 4.69) is 5.10 Å². The maximum absolute atomic E-state index is 12.9. The van der Waals surface area contributed by atoms with Crippen LogP contribution in [-0.4, -0.2) is 28.9 Å². The number of nitrogens with two attached hydrogens (primary N) is 1. The second-order valence-corrected chi connectivity index (χ2v) is 7.05. The zero-order valence-corrected chi connectivity index (χ0v) is 19.3. The molecule has 0 unspecified atom stereocenters. The molecule has 0 aliphatic heterocycles. The van der Waals surface area contributed by atoms with Crippen molar-refractivity contribution in [3.8, 4) is 28.5 Å². The van der Waals surface area contributed by atoms with Crippen molar-refractivity contribution < 1.29 is 9.53 Å². The minimum atomic E-state index is -0.598. The minimum Gasteiger partial charge on any atom is -0.463 e. The lowest BCUT2D eigenvalue weighted by molar-refractivity contribution is -0.142. The molecule has 31 heavy (non-hydrogen) atoms. The Morgan fingerprint density at radius 2 is 1.61 bits per heavy atom. The smallest absolute Gasteiger partial charge is 0.319 e. The molecule has 0 radical (unpaired) electrons. The molecule has 0 aliphatic rings. The Balaban J connectivity index is 0.00000341. The summed E-state index contributed by atoms with van der Waals surface area (Å²) < 4.78 is 6.04. The first-order valence-corrected chi connectivity index (χ1v) is 9.63. The second kappa shape index (κ2) is 11.1.